The number of carbonyl (C=O) groups is 1. The maximum absolute atomic E-state index is 12.8. The molecular weight excluding hydrogens is 450 g/mol. The highest BCUT2D eigenvalue weighted by atomic mass is 16.2. The molecule has 0 bridgehead atoms. The third-order valence-corrected chi connectivity index (χ3v) is 8.50. The normalized spacial score (nSPS) is 22.2. The Balaban J connectivity index is 1.10. The number of likely N-dealkylation sites (tertiary alicyclic amines) is 1. The van der Waals surface area contributed by atoms with Gasteiger partial charge in [-0.3, -0.25) is 9.69 Å². The lowest BCUT2D eigenvalue weighted by molar-refractivity contribution is -0.123. The van der Waals surface area contributed by atoms with Crippen molar-refractivity contribution in [3.05, 3.63) is 48.4 Å². The van der Waals surface area contributed by atoms with Gasteiger partial charge in [-0.05, 0) is 68.0 Å². The average molecular weight is 488 g/mol. The quantitative estimate of drug-likeness (QED) is 0.586. The van der Waals surface area contributed by atoms with Gasteiger partial charge in [-0.2, -0.15) is 0 Å². The summed E-state index contributed by atoms with van der Waals surface area (Å²) >= 11 is 0. The third kappa shape index (κ3) is 4.66. The summed E-state index contributed by atoms with van der Waals surface area (Å²) in [5.41, 5.74) is 3.63. The molecule has 1 aromatic carbocycles. The van der Waals surface area contributed by atoms with E-state index in [1.54, 1.807) is 6.33 Å². The standard InChI is InChI=1S/C28H37N7O/c1-27(2)8-13-33(14-9-27)17-21-3-5-22(6-4-21)35-18-24(36)32-28(19-35)10-15-34(16-11-28)26-23-7-12-29-25(23)30-20-31-26/h3-7,12,20H,8-11,13-19H2,1-2H3,(H,32,36)(H,29,30,31). The van der Waals surface area contributed by atoms with Crippen LogP contribution < -0.4 is 15.1 Å². The van der Waals surface area contributed by atoms with Gasteiger partial charge in [0.05, 0.1) is 17.5 Å². The maximum atomic E-state index is 12.8. The van der Waals surface area contributed by atoms with Crippen LogP contribution in [0.4, 0.5) is 11.5 Å². The van der Waals surface area contributed by atoms with Crippen LogP contribution >= 0.6 is 0 Å². The van der Waals surface area contributed by atoms with E-state index in [4.69, 9.17) is 0 Å². The monoisotopic (exact) mass is 487 g/mol. The number of hydrogen-bond acceptors (Lipinski definition) is 6. The molecule has 3 aromatic rings. The van der Waals surface area contributed by atoms with E-state index in [9.17, 15) is 4.79 Å². The Labute approximate surface area is 213 Å². The van der Waals surface area contributed by atoms with Gasteiger partial charge in [0.15, 0.2) is 0 Å². The number of aromatic amines is 1. The van der Waals surface area contributed by atoms with Crippen molar-refractivity contribution in [1.29, 1.82) is 0 Å². The first-order chi connectivity index (χ1) is 17.4. The smallest absolute Gasteiger partial charge is 0.240 e. The second kappa shape index (κ2) is 9.07. The molecule has 8 heteroatoms. The number of anilines is 2. The molecule has 0 radical (unpaired) electrons. The zero-order valence-electron chi connectivity index (χ0n) is 21.5. The summed E-state index contributed by atoms with van der Waals surface area (Å²) in [5.74, 6) is 1.09. The van der Waals surface area contributed by atoms with Crippen LogP contribution in [-0.4, -0.2) is 70.6 Å². The highest BCUT2D eigenvalue weighted by molar-refractivity contribution is 5.87. The summed E-state index contributed by atoms with van der Waals surface area (Å²) < 4.78 is 0. The molecule has 2 aromatic heterocycles. The first-order valence-corrected chi connectivity index (χ1v) is 13.3. The van der Waals surface area contributed by atoms with Gasteiger partial charge in [0.1, 0.15) is 17.8 Å². The Hall–Kier alpha value is -3.13. The molecule has 6 rings (SSSR count). The van der Waals surface area contributed by atoms with Gasteiger partial charge in [0, 0.05) is 38.1 Å². The fraction of sp³-hybridized carbons (Fsp3) is 0.536. The fourth-order valence-corrected chi connectivity index (χ4v) is 6.08. The molecule has 0 saturated carbocycles. The van der Waals surface area contributed by atoms with Gasteiger partial charge in [-0.1, -0.05) is 26.0 Å². The Morgan fingerprint density at radius 1 is 0.917 bits per heavy atom. The molecule has 8 nitrogen and oxygen atoms in total. The van der Waals surface area contributed by atoms with E-state index < -0.39 is 0 Å². The van der Waals surface area contributed by atoms with Crippen molar-refractivity contribution in [2.75, 3.05) is 49.1 Å². The van der Waals surface area contributed by atoms with E-state index >= 15 is 0 Å². The minimum absolute atomic E-state index is 0.116. The predicted octanol–water partition coefficient (Wildman–Crippen LogP) is 3.56. The Bertz CT molecular complexity index is 1220. The van der Waals surface area contributed by atoms with Crippen molar-refractivity contribution in [3.63, 3.8) is 0 Å². The highest BCUT2D eigenvalue weighted by Gasteiger charge is 2.41. The molecule has 3 saturated heterocycles. The van der Waals surface area contributed by atoms with E-state index in [0.29, 0.717) is 12.0 Å². The van der Waals surface area contributed by atoms with Gasteiger partial charge in [0.25, 0.3) is 0 Å². The molecule has 1 spiro atoms. The zero-order chi connectivity index (χ0) is 24.8. The van der Waals surface area contributed by atoms with Gasteiger partial charge < -0.3 is 20.1 Å². The number of amides is 1. The minimum atomic E-state index is -0.199. The number of aromatic nitrogens is 3. The van der Waals surface area contributed by atoms with E-state index in [1.807, 2.05) is 12.3 Å². The van der Waals surface area contributed by atoms with Crippen LogP contribution in [0.25, 0.3) is 11.0 Å². The molecule has 0 unspecified atom stereocenters. The number of nitrogens with zero attached hydrogens (tertiary/aromatic N) is 5. The van der Waals surface area contributed by atoms with Crippen molar-refractivity contribution < 1.29 is 4.79 Å². The first-order valence-electron chi connectivity index (χ1n) is 13.3. The second-order valence-electron chi connectivity index (χ2n) is 11.7. The van der Waals surface area contributed by atoms with Crippen molar-refractivity contribution in [1.82, 2.24) is 25.2 Å². The number of nitrogens with one attached hydrogen (secondary N) is 2. The van der Waals surface area contributed by atoms with Crippen LogP contribution in [0.2, 0.25) is 0 Å². The predicted molar refractivity (Wildman–Crippen MR) is 143 cm³/mol. The first kappa shape index (κ1) is 23.3. The Morgan fingerprint density at radius 2 is 1.67 bits per heavy atom. The van der Waals surface area contributed by atoms with Crippen LogP contribution in [-0.2, 0) is 11.3 Å². The number of hydrogen-bond donors (Lipinski definition) is 2. The summed E-state index contributed by atoms with van der Waals surface area (Å²) in [7, 11) is 0. The van der Waals surface area contributed by atoms with Crippen molar-refractivity contribution in [2.24, 2.45) is 5.41 Å². The number of piperazine rings is 1. The van der Waals surface area contributed by atoms with Gasteiger partial charge in [0.2, 0.25) is 5.91 Å². The molecule has 3 fully saturated rings. The van der Waals surface area contributed by atoms with Gasteiger partial charge in [-0.25, -0.2) is 9.97 Å². The summed E-state index contributed by atoms with van der Waals surface area (Å²) in [6.45, 7) is 11.1. The topological polar surface area (TPSA) is 80.4 Å². The lowest BCUT2D eigenvalue weighted by Gasteiger charge is -2.48. The van der Waals surface area contributed by atoms with Crippen LogP contribution in [0.15, 0.2) is 42.9 Å². The van der Waals surface area contributed by atoms with Crippen molar-refractivity contribution in [3.8, 4) is 0 Å². The lowest BCUT2D eigenvalue weighted by Crippen LogP contribution is -2.66. The third-order valence-electron chi connectivity index (χ3n) is 8.50. The van der Waals surface area contributed by atoms with Gasteiger partial charge in [-0.15, -0.1) is 0 Å². The summed E-state index contributed by atoms with van der Waals surface area (Å²) in [5, 5.41) is 4.41. The SMILES string of the molecule is CC1(C)CCN(Cc2ccc(N3CC(=O)NC4(CCN(c5ncnc6[nH]ccc56)CC4)C3)cc2)CC1. The average Bonchev–Trinajstić information content (AvgIpc) is 3.35. The van der Waals surface area contributed by atoms with Crippen LogP contribution in [0, 0.1) is 5.41 Å². The fourth-order valence-electron chi connectivity index (χ4n) is 6.08. The number of rotatable bonds is 4. The molecule has 36 heavy (non-hydrogen) atoms. The van der Waals surface area contributed by atoms with Crippen molar-refractivity contribution >= 4 is 28.4 Å². The van der Waals surface area contributed by atoms with Crippen LogP contribution in [0.1, 0.15) is 45.1 Å². The summed E-state index contributed by atoms with van der Waals surface area (Å²) in [6, 6.07) is 10.9. The molecule has 2 N–H and O–H groups in total. The molecule has 3 aliphatic heterocycles. The molecule has 5 heterocycles. The number of H-pyrrole nitrogens is 1. The molecule has 3 aliphatic rings. The maximum Gasteiger partial charge on any atom is 0.240 e. The van der Waals surface area contributed by atoms with Gasteiger partial charge >= 0.3 is 0 Å². The van der Waals surface area contributed by atoms with Crippen LogP contribution in [0.5, 0.6) is 0 Å². The molecular formula is C28H37N7O. The molecule has 1 amide bonds. The summed E-state index contributed by atoms with van der Waals surface area (Å²) in [4.78, 5) is 32.0. The van der Waals surface area contributed by atoms with E-state index in [-0.39, 0.29) is 11.4 Å². The zero-order valence-corrected chi connectivity index (χ0v) is 21.5. The Kier molecular flexibility index (Phi) is 5.86. The van der Waals surface area contributed by atoms with E-state index in [0.717, 1.165) is 61.6 Å². The molecule has 0 aliphatic carbocycles. The van der Waals surface area contributed by atoms with E-state index in [2.05, 4.69) is 73.1 Å². The van der Waals surface area contributed by atoms with E-state index in [1.165, 1.54) is 31.5 Å². The number of carbonyl (C=O) groups excluding carboxylic acids is 1. The number of piperidine rings is 2. The highest BCUT2D eigenvalue weighted by Crippen LogP contribution is 2.33. The largest absolute Gasteiger partial charge is 0.360 e. The number of fused-ring (bicyclic) bond motifs is 1. The summed E-state index contributed by atoms with van der Waals surface area (Å²) in [6.07, 6.45) is 7.86. The number of benzene rings is 1. The second-order valence-corrected chi connectivity index (χ2v) is 11.7. The molecule has 190 valence electrons. The van der Waals surface area contributed by atoms with Crippen LogP contribution in [0.3, 0.4) is 0 Å². The Morgan fingerprint density at radius 3 is 2.42 bits per heavy atom. The molecule has 0 atom stereocenters. The lowest BCUT2D eigenvalue weighted by atomic mass is 9.82. The van der Waals surface area contributed by atoms with Crippen molar-refractivity contribution in [2.45, 2.75) is 51.6 Å². The minimum Gasteiger partial charge on any atom is -0.360 e.